The second-order valence-electron chi connectivity index (χ2n) is 7.41. The predicted molar refractivity (Wildman–Crippen MR) is 99.6 cm³/mol. The summed E-state index contributed by atoms with van der Waals surface area (Å²) in [6.07, 6.45) is 11.4. The van der Waals surface area contributed by atoms with Gasteiger partial charge in [0.05, 0.1) is 19.6 Å². The molecule has 1 heterocycles. The summed E-state index contributed by atoms with van der Waals surface area (Å²) in [5.41, 5.74) is 5.65. The summed E-state index contributed by atoms with van der Waals surface area (Å²) in [6, 6.07) is 0. The van der Waals surface area contributed by atoms with Crippen molar-refractivity contribution in [2.75, 3.05) is 40.4 Å². The smallest absolute Gasteiger partial charge is 0.106 e. The number of hydrogen-bond acceptors (Lipinski definition) is 4. The lowest BCUT2D eigenvalue weighted by molar-refractivity contribution is 0.0936. The van der Waals surface area contributed by atoms with Crippen LogP contribution in [-0.2, 0) is 9.47 Å². The van der Waals surface area contributed by atoms with Gasteiger partial charge in [-0.1, -0.05) is 26.7 Å². The molecule has 0 aromatic rings. The molecule has 2 rings (SSSR count). The lowest BCUT2D eigenvalue weighted by Gasteiger charge is -2.42. The standard InChI is InChI=1S/C20H36N2O2/c1-5-8-20(9-6-2)17(23-3)14-19(15-18(20)24-4)10-13-22(16-19)12-7-11-21/h14-15H,5-13,16,21H2,1-4H3. The first-order valence-corrected chi connectivity index (χ1v) is 9.56. The summed E-state index contributed by atoms with van der Waals surface area (Å²) in [4.78, 5) is 2.52. The molecule has 0 aromatic heterocycles. The molecule has 0 atom stereocenters. The summed E-state index contributed by atoms with van der Waals surface area (Å²) >= 11 is 0. The molecule has 1 aliphatic carbocycles. The maximum atomic E-state index is 5.95. The van der Waals surface area contributed by atoms with E-state index in [-0.39, 0.29) is 10.8 Å². The van der Waals surface area contributed by atoms with Crippen molar-refractivity contribution >= 4 is 0 Å². The number of nitrogens with zero attached hydrogens (tertiary/aromatic N) is 1. The first-order chi connectivity index (χ1) is 11.6. The highest BCUT2D eigenvalue weighted by molar-refractivity contribution is 5.35. The normalized spacial score (nSPS) is 22.4. The van der Waals surface area contributed by atoms with Crippen LogP contribution in [0.3, 0.4) is 0 Å². The molecule has 2 aliphatic rings. The molecule has 1 spiro atoms. The lowest BCUT2D eigenvalue weighted by atomic mass is 9.67. The molecule has 4 nitrogen and oxygen atoms in total. The van der Waals surface area contributed by atoms with E-state index in [1.54, 1.807) is 0 Å². The van der Waals surface area contributed by atoms with Crippen LogP contribution in [-0.4, -0.2) is 45.3 Å². The molecular formula is C20H36N2O2. The zero-order chi connectivity index (χ0) is 17.6. The van der Waals surface area contributed by atoms with Gasteiger partial charge in [-0.3, -0.25) is 0 Å². The molecule has 0 radical (unpaired) electrons. The summed E-state index contributed by atoms with van der Waals surface area (Å²) in [6.45, 7) is 8.49. The first kappa shape index (κ1) is 19.3. The summed E-state index contributed by atoms with van der Waals surface area (Å²) in [5.74, 6) is 2.23. The van der Waals surface area contributed by atoms with Crippen LogP contribution in [0, 0.1) is 10.8 Å². The topological polar surface area (TPSA) is 47.7 Å². The highest BCUT2D eigenvalue weighted by atomic mass is 16.5. The maximum absolute atomic E-state index is 5.95. The van der Waals surface area contributed by atoms with E-state index in [1.165, 1.54) is 0 Å². The van der Waals surface area contributed by atoms with Gasteiger partial charge in [-0.2, -0.15) is 0 Å². The van der Waals surface area contributed by atoms with Crippen molar-refractivity contribution in [1.82, 2.24) is 4.90 Å². The Bertz CT molecular complexity index is 440. The van der Waals surface area contributed by atoms with Gasteiger partial charge in [-0.25, -0.2) is 0 Å². The van der Waals surface area contributed by atoms with Gasteiger partial charge in [0.15, 0.2) is 0 Å². The number of hydrogen-bond donors (Lipinski definition) is 1. The number of ether oxygens (including phenoxy) is 2. The highest BCUT2D eigenvalue weighted by Gasteiger charge is 2.48. The largest absolute Gasteiger partial charge is 0.500 e. The molecule has 4 heteroatoms. The summed E-state index contributed by atoms with van der Waals surface area (Å²) in [7, 11) is 3.64. The third-order valence-electron chi connectivity index (χ3n) is 5.66. The van der Waals surface area contributed by atoms with E-state index in [1.807, 2.05) is 14.2 Å². The highest BCUT2D eigenvalue weighted by Crippen LogP contribution is 2.52. The minimum Gasteiger partial charge on any atom is -0.500 e. The molecule has 138 valence electrons. The van der Waals surface area contributed by atoms with Crippen LogP contribution >= 0.6 is 0 Å². The minimum atomic E-state index is -0.0804. The van der Waals surface area contributed by atoms with E-state index in [2.05, 4.69) is 30.9 Å². The fraction of sp³-hybridized carbons (Fsp3) is 0.800. The van der Waals surface area contributed by atoms with E-state index in [0.717, 1.165) is 76.2 Å². The van der Waals surface area contributed by atoms with Crippen LogP contribution in [0.2, 0.25) is 0 Å². The van der Waals surface area contributed by atoms with Crippen LogP contribution in [0.1, 0.15) is 52.4 Å². The maximum Gasteiger partial charge on any atom is 0.106 e. The van der Waals surface area contributed by atoms with Gasteiger partial charge in [0, 0.05) is 12.0 Å². The van der Waals surface area contributed by atoms with Crippen molar-refractivity contribution in [2.45, 2.75) is 52.4 Å². The van der Waals surface area contributed by atoms with E-state index in [9.17, 15) is 0 Å². The van der Waals surface area contributed by atoms with E-state index >= 15 is 0 Å². The zero-order valence-electron chi connectivity index (χ0n) is 16.1. The fourth-order valence-electron chi connectivity index (χ4n) is 4.62. The van der Waals surface area contributed by atoms with Crippen LogP contribution < -0.4 is 5.73 Å². The molecule has 1 aliphatic heterocycles. The number of methoxy groups -OCH3 is 2. The summed E-state index contributed by atoms with van der Waals surface area (Å²) < 4.78 is 11.9. The molecule has 0 bridgehead atoms. The Morgan fingerprint density at radius 3 is 2.12 bits per heavy atom. The zero-order valence-corrected chi connectivity index (χ0v) is 16.1. The van der Waals surface area contributed by atoms with Crippen LogP contribution in [0.25, 0.3) is 0 Å². The number of likely N-dealkylation sites (tertiary alicyclic amines) is 1. The Balaban J connectivity index is 2.33. The molecular weight excluding hydrogens is 300 g/mol. The van der Waals surface area contributed by atoms with E-state index < -0.39 is 0 Å². The first-order valence-electron chi connectivity index (χ1n) is 9.56. The van der Waals surface area contributed by atoms with Crippen molar-refractivity contribution in [3.63, 3.8) is 0 Å². The van der Waals surface area contributed by atoms with Gasteiger partial charge >= 0.3 is 0 Å². The van der Waals surface area contributed by atoms with Gasteiger partial charge in [-0.05, 0) is 57.5 Å². The predicted octanol–water partition coefficient (Wildman–Crippen LogP) is 3.69. The summed E-state index contributed by atoms with van der Waals surface area (Å²) in [5, 5.41) is 0. The monoisotopic (exact) mass is 336 g/mol. The van der Waals surface area contributed by atoms with Crippen LogP contribution in [0.15, 0.2) is 23.7 Å². The second kappa shape index (κ2) is 8.39. The SMILES string of the molecule is CCCC1(CCC)C(OC)=CC2(C=C1OC)CCN(CCCN)C2. The molecule has 1 fully saturated rings. The van der Waals surface area contributed by atoms with Crippen molar-refractivity contribution in [1.29, 1.82) is 0 Å². The molecule has 2 N–H and O–H groups in total. The van der Waals surface area contributed by atoms with Crippen LogP contribution in [0.4, 0.5) is 0 Å². The van der Waals surface area contributed by atoms with Crippen molar-refractivity contribution < 1.29 is 9.47 Å². The number of rotatable bonds is 9. The minimum absolute atomic E-state index is 0.0519. The molecule has 0 amide bonds. The Labute approximate surface area is 148 Å². The Kier molecular flexibility index (Phi) is 6.76. The number of nitrogens with two attached hydrogens (primary N) is 1. The van der Waals surface area contributed by atoms with Gasteiger partial charge in [0.25, 0.3) is 0 Å². The van der Waals surface area contributed by atoms with Crippen molar-refractivity contribution in [3.8, 4) is 0 Å². The third-order valence-corrected chi connectivity index (χ3v) is 5.66. The molecule has 0 saturated carbocycles. The Morgan fingerprint density at radius 1 is 1.08 bits per heavy atom. The van der Waals surface area contributed by atoms with Gasteiger partial charge in [0.1, 0.15) is 11.5 Å². The molecule has 0 aromatic carbocycles. The van der Waals surface area contributed by atoms with Crippen molar-refractivity contribution in [2.24, 2.45) is 16.6 Å². The quantitative estimate of drug-likeness (QED) is 0.697. The second-order valence-corrected chi connectivity index (χ2v) is 7.41. The third kappa shape index (κ3) is 3.65. The average molecular weight is 337 g/mol. The Hall–Kier alpha value is -1.00. The molecule has 0 unspecified atom stereocenters. The van der Waals surface area contributed by atoms with E-state index in [0.29, 0.717) is 0 Å². The van der Waals surface area contributed by atoms with Gasteiger partial charge < -0.3 is 20.1 Å². The Morgan fingerprint density at radius 2 is 1.67 bits per heavy atom. The van der Waals surface area contributed by atoms with E-state index in [4.69, 9.17) is 15.2 Å². The van der Waals surface area contributed by atoms with Gasteiger partial charge in [0.2, 0.25) is 0 Å². The average Bonchev–Trinajstić information content (AvgIpc) is 2.98. The molecule has 1 saturated heterocycles. The molecule has 24 heavy (non-hydrogen) atoms. The van der Waals surface area contributed by atoms with Crippen LogP contribution in [0.5, 0.6) is 0 Å². The lowest BCUT2D eigenvalue weighted by Crippen LogP contribution is -2.36. The fourth-order valence-corrected chi connectivity index (χ4v) is 4.62. The van der Waals surface area contributed by atoms with Gasteiger partial charge in [-0.15, -0.1) is 0 Å². The van der Waals surface area contributed by atoms with Crippen molar-refractivity contribution in [3.05, 3.63) is 23.7 Å².